The molecule has 0 unspecified atom stereocenters. The molecule has 0 aliphatic carbocycles. The molecule has 0 amide bonds. The van der Waals surface area contributed by atoms with E-state index in [4.69, 9.17) is 19.2 Å². The number of methoxy groups -OCH3 is 1. The Morgan fingerprint density at radius 2 is 2.06 bits per heavy atom. The molecule has 0 spiro atoms. The Hall–Kier alpha value is -4.05. The van der Waals surface area contributed by atoms with E-state index in [-0.39, 0.29) is 6.10 Å². The Labute approximate surface area is 190 Å². The molecule has 5 rings (SSSR count). The second-order valence-electron chi connectivity index (χ2n) is 7.48. The predicted molar refractivity (Wildman–Crippen MR) is 121 cm³/mol. The summed E-state index contributed by atoms with van der Waals surface area (Å²) in [4.78, 5) is 9.30. The highest BCUT2D eigenvalue weighted by Crippen LogP contribution is 2.31. The summed E-state index contributed by atoms with van der Waals surface area (Å²) in [6, 6.07) is 15.5. The van der Waals surface area contributed by atoms with E-state index < -0.39 is 0 Å². The van der Waals surface area contributed by atoms with Crippen LogP contribution in [0.3, 0.4) is 0 Å². The topological polar surface area (TPSA) is 120 Å². The molecule has 4 heterocycles. The summed E-state index contributed by atoms with van der Waals surface area (Å²) in [5.41, 5.74) is 4.36. The zero-order valence-electron chi connectivity index (χ0n) is 18.1. The number of tetrazole rings is 1. The van der Waals surface area contributed by atoms with Crippen molar-refractivity contribution in [2.45, 2.75) is 19.1 Å². The van der Waals surface area contributed by atoms with Crippen molar-refractivity contribution in [3.8, 4) is 34.4 Å². The van der Waals surface area contributed by atoms with E-state index in [0.29, 0.717) is 37.2 Å². The Balaban J connectivity index is 1.34. The Morgan fingerprint density at radius 3 is 2.82 bits per heavy atom. The second kappa shape index (κ2) is 9.61. The lowest BCUT2D eigenvalue weighted by atomic mass is 10.1. The van der Waals surface area contributed by atoms with Crippen LogP contribution in [0.2, 0.25) is 0 Å². The van der Waals surface area contributed by atoms with Crippen LogP contribution in [0.25, 0.3) is 22.8 Å². The van der Waals surface area contributed by atoms with Crippen molar-refractivity contribution < 1.29 is 14.2 Å². The van der Waals surface area contributed by atoms with Crippen LogP contribution in [-0.2, 0) is 11.3 Å². The SMILES string of the molecule is COc1ccc(-c2ncccc2CNc2ccc(-c3nn[nH]n3)cc2)nc1O[C@@H]1CCOC1. The zero-order chi connectivity index (χ0) is 22.5. The smallest absolute Gasteiger partial charge is 0.257 e. The number of ether oxygens (including phenoxy) is 3. The average Bonchev–Trinajstić information content (AvgIpc) is 3.58. The van der Waals surface area contributed by atoms with Crippen LogP contribution >= 0.6 is 0 Å². The first-order chi connectivity index (χ1) is 16.3. The van der Waals surface area contributed by atoms with Crippen molar-refractivity contribution in [2.24, 2.45) is 0 Å². The highest BCUT2D eigenvalue weighted by atomic mass is 16.6. The van der Waals surface area contributed by atoms with Gasteiger partial charge >= 0.3 is 0 Å². The number of hydrogen-bond donors (Lipinski definition) is 2. The Bertz CT molecular complexity index is 1190. The molecule has 0 bridgehead atoms. The van der Waals surface area contributed by atoms with Gasteiger partial charge in [-0.25, -0.2) is 4.98 Å². The lowest BCUT2D eigenvalue weighted by Crippen LogP contribution is -2.17. The largest absolute Gasteiger partial charge is 0.491 e. The molecule has 1 aliphatic heterocycles. The maximum atomic E-state index is 6.05. The van der Waals surface area contributed by atoms with Gasteiger partial charge in [-0.15, -0.1) is 10.2 Å². The summed E-state index contributed by atoms with van der Waals surface area (Å²) in [5, 5.41) is 17.5. The average molecular weight is 445 g/mol. The minimum Gasteiger partial charge on any atom is -0.491 e. The molecular formula is C23H23N7O3. The molecule has 1 saturated heterocycles. The molecule has 10 nitrogen and oxygen atoms in total. The summed E-state index contributed by atoms with van der Waals surface area (Å²) in [6.07, 6.45) is 2.57. The van der Waals surface area contributed by atoms with Gasteiger partial charge in [0.25, 0.3) is 5.88 Å². The fourth-order valence-electron chi connectivity index (χ4n) is 3.59. The van der Waals surface area contributed by atoms with Gasteiger partial charge in [0.05, 0.1) is 31.7 Å². The lowest BCUT2D eigenvalue weighted by Gasteiger charge is -2.16. The number of hydrogen-bond acceptors (Lipinski definition) is 9. The summed E-state index contributed by atoms with van der Waals surface area (Å²) in [7, 11) is 1.61. The summed E-state index contributed by atoms with van der Waals surface area (Å²) < 4.78 is 16.9. The maximum absolute atomic E-state index is 6.05. The molecule has 1 aliphatic rings. The van der Waals surface area contributed by atoms with Crippen molar-refractivity contribution in [3.05, 3.63) is 60.3 Å². The number of anilines is 1. The van der Waals surface area contributed by atoms with E-state index in [2.05, 4.69) is 30.9 Å². The molecule has 1 fully saturated rings. The van der Waals surface area contributed by atoms with Gasteiger partial charge < -0.3 is 19.5 Å². The molecule has 2 N–H and O–H groups in total. The minimum absolute atomic E-state index is 0.0260. The number of nitrogens with zero attached hydrogens (tertiary/aromatic N) is 5. The van der Waals surface area contributed by atoms with E-state index in [0.717, 1.165) is 34.6 Å². The number of H-pyrrole nitrogens is 1. The molecule has 3 aromatic heterocycles. The number of nitrogens with one attached hydrogen (secondary N) is 2. The van der Waals surface area contributed by atoms with Gasteiger partial charge in [-0.1, -0.05) is 6.07 Å². The summed E-state index contributed by atoms with van der Waals surface area (Å²) in [5.74, 6) is 1.60. The van der Waals surface area contributed by atoms with Gasteiger partial charge in [-0.2, -0.15) is 5.21 Å². The van der Waals surface area contributed by atoms with Crippen molar-refractivity contribution in [1.29, 1.82) is 0 Å². The highest BCUT2D eigenvalue weighted by Gasteiger charge is 2.21. The van der Waals surface area contributed by atoms with Gasteiger partial charge in [-0.3, -0.25) is 4.98 Å². The monoisotopic (exact) mass is 445 g/mol. The number of pyridine rings is 2. The normalized spacial score (nSPS) is 15.4. The first-order valence-electron chi connectivity index (χ1n) is 10.6. The molecule has 1 atom stereocenters. The van der Waals surface area contributed by atoms with Crippen molar-refractivity contribution >= 4 is 5.69 Å². The first kappa shape index (κ1) is 20.8. The Kier molecular flexibility index (Phi) is 6.07. The van der Waals surface area contributed by atoms with Gasteiger partial charge in [0.2, 0.25) is 5.82 Å². The standard InChI is InChI=1S/C23H23N7O3/c1-31-20-9-8-19(26-23(20)33-18-10-12-32-14-18)21-16(3-2-11-24-21)13-25-17-6-4-15(5-7-17)22-27-29-30-28-22/h2-9,11,18,25H,10,12-14H2,1H3,(H,27,28,29,30)/t18-/m1/s1. The molecule has 0 radical (unpaired) electrons. The van der Waals surface area contributed by atoms with Gasteiger partial charge in [0.15, 0.2) is 5.75 Å². The van der Waals surface area contributed by atoms with Crippen LogP contribution < -0.4 is 14.8 Å². The highest BCUT2D eigenvalue weighted by molar-refractivity contribution is 5.63. The summed E-state index contributed by atoms with van der Waals surface area (Å²) >= 11 is 0. The third-order valence-electron chi connectivity index (χ3n) is 5.32. The maximum Gasteiger partial charge on any atom is 0.257 e. The minimum atomic E-state index is -0.0260. The number of aromatic amines is 1. The van der Waals surface area contributed by atoms with Crippen molar-refractivity contribution in [1.82, 2.24) is 30.6 Å². The van der Waals surface area contributed by atoms with E-state index in [9.17, 15) is 0 Å². The molecule has 1 aromatic carbocycles. The molecular weight excluding hydrogens is 422 g/mol. The zero-order valence-corrected chi connectivity index (χ0v) is 18.1. The van der Waals surface area contributed by atoms with Crippen LogP contribution in [0.15, 0.2) is 54.7 Å². The molecule has 4 aromatic rings. The van der Waals surface area contributed by atoms with Crippen LogP contribution in [0.4, 0.5) is 5.69 Å². The fraction of sp³-hybridized carbons (Fsp3) is 0.261. The molecule has 0 saturated carbocycles. The van der Waals surface area contributed by atoms with Gasteiger partial charge in [0, 0.05) is 30.4 Å². The van der Waals surface area contributed by atoms with E-state index in [1.807, 2.05) is 48.5 Å². The van der Waals surface area contributed by atoms with Crippen molar-refractivity contribution in [3.63, 3.8) is 0 Å². The van der Waals surface area contributed by atoms with Gasteiger partial charge in [-0.05, 0) is 53.2 Å². The number of benzene rings is 1. The first-order valence-corrected chi connectivity index (χ1v) is 10.6. The van der Waals surface area contributed by atoms with Crippen LogP contribution in [-0.4, -0.2) is 57.0 Å². The molecule has 168 valence electrons. The quantitative estimate of drug-likeness (QED) is 0.421. The van der Waals surface area contributed by atoms with Crippen LogP contribution in [0.5, 0.6) is 11.6 Å². The third kappa shape index (κ3) is 4.75. The van der Waals surface area contributed by atoms with Crippen LogP contribution in [0.1, 0.15) is 12.0 Å². The molecule has 10 heteroatoms. The van der Waals surface area contributed by atoms with Gasteiger partial charge in [0.1, 0.15) is 6.10 Å². The number of rotatable bonds is 8. The van der Waals surface area contributed by atoms with E-state index in [1.54, 1.807) is 13.3 Å². The van der Waals surface area contributed by atoms with Crippen molar-refractivity contribution in [2.75, 3.05) is 25.6 Å². The third-order valence-corrected chi connectivity index (χ3v) is 5.32. The predicted octanol–water partition coefficient (Wildman–Crippen LogP) is 3.11. The Morgan fingerprint density at radius 1 is 1.15 bits per heavy atom. The van der Waals surface area contributed by atoms with E-state index in [1.165, 1.54) is 0 Å². The fourth-order valence-corrected chi connectivity index (χ4v) is 3.59. The lowest BCUT2D eigenvalue weighted by molar-refractivity contribution is 0.135. The number of aromatic nitrogens is 6. The second-order valence-corrected chi connectivity index (χ2v) is 7.48. The van der Waals surface area contributed by atoms with Crippen LogP contribution in [0, 0.1) is 0 Å². The molecule has 33 heavy (non-hydrogen) atoms. The summed E-state index contributed by atoms with van der Waals surface area (Å²) in [6.45, 7) is 1.82. The van der Waals surface area contributed by atoms with E-state index >= 15 is 0 Å².